The van der Waals surface area contributed by atoms with Crippen LogP contribution in [0.3, 0.4) is 0 Å². The van der Waals surface area contributed by atoms with Crippen molar-refractivity contribution in [1.29, 1.82) is 0 Å². The van der Waals surface area contributed by atoms with Gasteiger partial charge >= 0.3 is 0 Å². The number of nitrogens with zero attached hydrogens (tertiary/aromatic N) is 2. The summed E-state index contributed by atoms with van der Waals surface area (Å²) in [5, 5.41) is 4.08. The zero-order chi connectivity index (χ0) is 12.2. The lowest BCUT2D eigenvalue weighted by atomic mass is 10.3. The molecule has 1 aliphatic heterocycles. The van der Waals surface area contributed by atoms with Crippen LogP contribution < -0.4 is 9.64 Å². The Hall–Kier alpha value is -1.97. The molecule has 0 N–H and O–H groups in total. The second-order valence-corrected chi connectivity index (χ2v) is 4.45. The van der Waals surface area contributed by atoms with E-state index in [0.717, 1.165) is 30.4 Å². The lowest BCUT2D eigenvalue weighted by Gasteiger charge is -2.11. The number of anilines is 1. The monoisotopic (exact) mass is 244 g/mol. The molecule has 1 aliphatic rings. The molecule has 4 heteroatoms. The van der Waals surface area contributed by atoms with Crippen LogP contribution >= 0.6 is 0 Å². The van der Waals surface area contributed by atoms with Crippen LogP contribution in [0.25, 0.3) is 0 Å². The standard InChI is InChI=1S/C14H16N2O2/c1-2-6-12(7-3-1)17-11-13-10-14(15-18-13)16-8-4-5-9-16/h1-3,6-7,10H,4-5,8-9,11H2. The van der Waals surface area contributed by atoms with Crippen LogP contribution in [0.2, 0.25) is 0 Å². The predicted molar refractivity (Wildman–Crippen MR) is 68.7 cm³/mol. The van der Waals surface area contributed by atoms with Crippen molar-refractivity contribution in [3.05, 3.63) is 42.2 Å². The summed E-state index contributed by atoms with van der Waals surface area (Å²) in [7, 11) is 0. The first-order valence-electron chi connectivity index (χ1n) is 6.30. The second kappa shape index (κ2) is 5.12. The largest absolute Gasteiger partial charge is 0.486 e. The quantitative estimate of drug-likeness (QED) is 0.829. The molecule has 1 fully saturated rings. The normalized spacial score (nSPS) is 15.0. The van der Waals surface area contributed by atoms with E-state index in [4.69, 9.17) is 9.26 Å². The minimum atomic E-state index is 0.421. The highest BCUT2D eigenvalue weighted by Gasteiger charge is 2.16. The fraction of sp³-hybridized carbons (Fsp3) is 0.357. The van der Waals surface area contributed by atoms with E-state index in [0.29, 0.717) is 6.61 Å². The van der Waals surface area contributed by atoms with Crippen LogP contribution in [-0.2, 0) is 6.61 Å². The molecule has 4 nitrogen and oxygen atoms in total. The fourth-order valence-corrected chi connectivity index (χ4v) is 2.14. The van der Waals surface area contributed by atoms with Crippen molar-refractivity contribution in [1.82, 2.24) is 5.16 Å². The summed E-state index contributed by atoms with van der Waals surface area (Å²) in [6.45, 7) is 2.57. The summed E-state index contributed by atoms with van der Waals surface area (Å²) >= 11 is 0. The van der Waals surface area contributed by atoms with Gasteiger partial charge in [0.1, 0.15) is 12.4 Å². The first-order valence-corrected chi connectivity index (χ1v) is 6.30. The van der Waals surface area contributed by atoms with Crippen molar-refractivity contribution in [3.8, 4) is 5.75 Å². The molecule has 0 saturated carbocycles. The smallest absolute Gasteiger partial charge is 0.176 e. The van der Waals surface area contributed by atoms with Crippen molar-refractivity contribution < 1.29 is 9.26 Å². The Morgan fingerprint density at radius 1 is 1.17 bits per heavy atom. The number of para-hydroxylation sites is 1. The molecule has 0 radical (unpaired) electrons. The number of hydrogen-bond donors (Lipinski definition) is 0. The maximum absolute atomic E-state index is 5.62. The molecule has 0 amide bonds. The second-order valence-electron chi connectivity index (χ2n) is 4.45. The van der Waals surface area contributed by atoms with Crippen LogP contribution in [0, 0.1) is 0 Å². The van der Waals surface area contributed by atoms with Crippen LogP contribution in [0.5, 0.6) is 5.75 Å². The van der Waals surface area contributed by atoms with Crippen molar-refractivity contribution in [2.24, 2.45) is 0 Å². The Balaban J connectivity index is 1.60. The molecular formula is C14H16N2O2. The molecule has 1 saturated heterocycles. The Bertz CT molecular complexity index is 490. The van der Waals surface area contributed by atoms with Gasteiger partial charge in [-0.3, -0.25) is 0 Å². The highest BCUT2D eigenvalue weighted by atomic mass is 16.5. The summed E-state index contributed by atoms with van der Waals surface area (Å²) < 4.78 is 10.9. The van der Waals surface area contributed by atoms with Crippen LogP contribution in [0.4, 0.5) is 5.82 Å². The van der Waals surface area contributed by atoms with Crippen LogP contribution in [-0.4, -0.2) is 18.2 Å². The van der Waals surface area contributed by atoms with E-state index in [2.05, 4.69) is 10.1 Å². The number of ether oxygens (including phenoxy) is 1. The van der Waals surface area contributed by atoms with Gasteiger partial charge in [0.25, 0.3) is 0 Å². The van der Waals surface area contributed by atoms with Gasteiger partial charge in [0.2, 0.25) is 0 Å². The van der Waals surface area contributed by atoms with Crippen LogP contribution in [0.1, 0.15) is 18.6 Å². The van der Waals surface area contributed by atoms with Crippen molar-refractivity contribution >= 4 is 5.82 Å². The maximum Gasteiger partial charge on any atom is 0.176 e. The number of benzene rings is 1. The zero-order valence-electron chi connectivity index (χ0n) is 10.2. The molecule has 0 bridgehead atoms. The van der Waals surface area contributed by atoms with E-state index < -0.39 is 0 Å². The summed E-state index contributed by atoms with van der Waals surface area (Å²) in [5.41, 5.74) is 0. The topological polar surface area (TPSA) is 38.5 Å². The Morgan fingerprint density at radius 3 is 2.72 bits per heavy atom. The van der Waals surface area contributed by atoms with E-state index >= 15 is 0 Å². The number of hydrogen-bond acceptors (Lipinski definition) is 4. The van der Waals surface area contributed by atoms with E-state index in [1.54, 1.807) is 0 Å². The number of rotatable bonds is 4. The maximum atomic E-state index is 5.62. The van der Waals surface area contributed by atoms with Gasteiger partial charge in [0.15, 0.2) is 11.6 Å². The molecule has 1 aromatic carbocycles. The molecule has 3 rings (SSSR count). The average molecular weight is 244 g/mol. The minimum absolute atomic E-state index is 0.421. The summed E-state index contributed by atoms with van der Waals surface area (Å²) in [4.78, 5) is 2.25. The van der Waals surface area contributed by atoms with E-state index in [1.165, 1.54) is 12.8 Å². The Morgan fingerprint density at radius 2 is 1.94 bits per heavy atom. The van der Waals surface area contributed by atoms with Crippen LogP contribution in [0.15, 0.2) is 40.9 Å². The molecule has 18 heavy (non-hydrogen) atoms. The van der Waals surface area contributed by atoms with Crippen molar-refractivity contribution in [2.45, 2.75) is 19.4 Å². The Kier molecular flexibility index (Phi) is 3.17. The highest BCUT2D eigenvalue weighted by Crippen LogP contribution is 2.20. The minimum Gasteiger partial charge on any atom is -0.486 e. The van der Waals surface area contributed by atoms with Gasteiger partial charge < -0.3 is 14.2 Å². The van der Waals surface area contributed by atoms with E-state index in [-0.39, 0.29) is 0 Å². The fourth-order valence-electron chi connectivity index (χ4n) is 2.14. The molecule has 0 atom stereocenters. The van der Waals surface area contributed by atoms with Gasteiger partial charge in [-0.25, -0.2) is 0 Å². The molecule has 0 aliphatic carbocycles. The number of aromatic nitrogens is 1. The van der Waals surface area contributed by atoms with Gasteiger partial charge in [-0.15, -0.1) is 0 Å². The average Bonchev–Trinajstić information content (AvgIpc) is 3.08. The molecule has 2 aromatic rings. The van der Waals surface area contributed by atoms with Gasteiger partial charge in [0, 0.05) is 19.2 Å². The molecule has 94 valence electrons. The van der Waals surface area contributed by atoms with Gasteiger partial charge in [-0.2, -0.15) is 0 Å². The third kappa shape index (κ3) is 2.47. The lowest BCUT2D eigenvalue weighted by Crippen LogP contribution is -2.17. The third-order valence-corrected chi connectivity index (χ3v) is 3.10. The van der Waals surface area contributed by atoms with Crippen molar-refractivity contribution in [3.63, 3.8) is 0 Å². The van der Waals surface area contributed by atoms with Gasteiger partial charge in [0.05, 0.1) is 0 Å². The zero-order valence-corrected chi connectivity index (χ0v) is 10.2. The van der Waals surface area contributed by atoms with Crippen molar-refractivity contribution in [2.75, 3.05) is 18.0 Å². The summed E-state index contributed by atoms with van der Waals surface area (Å²) in [6.07, 6.45) is 2.48. The van der Waals surface area contributed by atoms with Gasteiger partial charge in [-0.05, 0) is 25.0 Å². The lowest BCUT2D eigenvalue weighted by molar-refractivity contribution is 0.249. The predicted octanol–water partition coefficient (Wildman–Crippen LogP) is 2.85. The van der Waals surface area contributed by atoms with E-state index in [1.807, 2.05) is 36.4 Å². The molecule has 0 unspecified atom stereocenters. The summed E-state index contributed by atoms with van der Waals surface area (Å²) in [6, 6.07) is 11.7. The molecule has 2 heterocycles. The first-order chi connectivity index (χ1) is 8.92. The molecule has 1 aromatic heterocycles. The highest BCUT2D eigenvalue weighted by molar-refractivity contribution is 5.38. The molecule has 0 spiro atoms. The van der Waals surface area contributed by atoms with Gasteiger partial charge in [-0.1, -0.05) is 23.4 Å². The molecular weight excluding hydrogens is 228 g/mol. The summed E-state index contributed by atoms with van der Waals surface area (Å²) in [5.74, 6) is 2.54. The SMILES string of the molecule is c1ccc(OCc2cc(N3CCCC3)no2)cc1. The first kappa shape index (κ1) is 11.1. The third-order valence-electron chi connectivity index (χ3n) is 3.10. The Labute approximate surface area is 106 Å². The van der Waals surface area contributed by atoms with E-state index in [9.17, 15) is 0 Å².